The molecular weight excluding hydrogens is 352 g/mol. The summed E-state index contributed by atoms with van der Waals surface area (Å²) in [4.78, 5) is 23.1. The van der Waals surface area contributed by atoms with Gasteiger partial charge in [0.25, 0.3) is 0 Å². The minimum absolute atomic E-state index is 0.196. The van der Waals surface area contributed by atoms with Gasteiger partial charge in [0, 0.05) is 34.9 Å². The van der Waals surface area contributed by atoms with E-state index < -0.39 is 6.03 Å². The Bertz CT molecular complexity index is 875. The van der Waals surface area contributed by atoms with Crippen LogP contribution in [0, 0.1) is 13.8 Å². The second kappa shape index (κ2) is 8.78. The van der Waals surface area contributed by atoms with Crippen molar-refractivity contribution in [1.82, 2.24) is 4.57 Å². The molecular formula is C22H28N4O2. The molecule has 1 aromatic carbocycles. The van der Waals surface area contributed by atoms with E-state index in [0.29, 0.717) is 17.4 Å². The summed E-state index contributed by atoms with van der Waals surface area (Å²) in [5, 5.41) is 5.30. The van der Waals surface area contributed by atoms with Crippen molar-refractivity contribution in [2.45, 2.75) is 52.0 Å². The fraction of sp³-hybridized carbons (Fsp3) is 0.364. The van der Waals surface area contributed by atoms with Crippen LogP contribution in [0.15, 0.2) is 36.4 Å². The maximum absolute atomic E-state index is 12.3. The number of benzene rings is 1. The first kappa shape index (κ1) is 19.7. The zero-order chi connectivity index (χ0) is 20.1. The van der Waals surface area contributed by atoms with E-state index in [0.717, 1.165) is 5.56 Å². The lowest BCUT2D eigenvalue weighted by atomic mass is 9.95. The zero-order valence-corrected chi connectivity index (χ0v) is 16.5. The number of hydrogen-bond donors (Lipinski definition) is 3. The molecule has 3 amide bonds. The molecule has 1 heterocycles. The number of hydrogen-bond acceptors (Lipinski definition) is 2. The average molecular weight is 380 g/mol. The van der Waals surface area contributed by atoms with Gasteiger partial charge in [-0.25, -0.2) is 4.79 Å². The molecule has 4 N–H and O–H groups in total. The van der Waals surface area contributed by atoms with E-state index in [1.54, 1.807) is 30.3 Å². The zero-order valence-electron chi connectivity index (χ0n) is 16.5. The number of carbonyl (C=O) groups excluding carboxylic acids is 2. The van der Waals surface area contributed by atoms with Crippen LogP contribution >= 0.6 is 0 Å². The smallest absolute Gasteiger partial charge is 0.316 e. The highest BCUT2D eigenvalue weighted by Crippen LogP contribution is 2.32. The lowest BCUT2D eigenvalue weighted by Gasteiger charge is -2.26. The highest BCUT2D eigenvalue weighted by atomic mass is 16.2. The predicted molar refractivity (Wildman–Crippen MR) is 113 cm³/mol. The Morgan fingerprint density at radius 1 is 1.04 bits per heavy atom. The number of aryl methyl sites for hydroxylation is 1. The van der Waals surface area contributed by atoms with Crippen molar-refractivity contribution in [2.75, 3.05) is 10.6 Å². The van der Waals surface area contributed by atoms with Gasteiger partial charge in [-0.2, -0.15) is 0 Å². The third-order valence-electron chi connectivity index (χ3n) is 5.30. The summed E-state index contributed by atoms with van der Waals surface area (Å²) >= 11 is 0. The predicted octanol–water partition coefficient (Wildman–Crippen LogP) is 4.75. The van der Waals surface area contributed by atoms with Crippen LogP contribution in [0.2, 0.25) is 0 Å². The van der Waals surface area contributed by atoms with Gasteiger partial charge in [0.2, 0.25) is 5.91 Å². The number of aromatic nitrogens is 1. The normalized spacial score (nSPS) is 14.9. The summed E-state index contributed by atoms with van der Waals surface area (Å²) in [6.45, 7) is 4.27. The van der Waals surface area contributed by atoms with Crippen LogP contribution in [0.4, 0.5) is 16.2 Å². The standard InChI is InChI=1S/C22H28N4O2/c1-15-14-17(16(2)26(15)20-6-4-3-5-7-20)8-13-21(27)24-18-9-11-19(12-10-18)25-22(23)28/h8-14,20H,3-7H2,1-2H3,(H,24,27)(H3,23,25,28)/b13-8+. The molecule has 0 saturated heterocycles. The SMILES string of the molecule is Cc1cc(/C=C/C(=O)Nc2ccc(NC(N)=O)cc2)c(C)n1C1CCCCC1. The highest BCUT2D eigenvalue weighted by Gasteiger charge is 2.19. The van der Waals surface area contributed by atoms with E-state index in [2.05, 4.69) is 35.1 Å². The maximum atomic E-state index is 12.3. The third kappa shape index (κ3) is 4.82. The highest BCUT2D eigenvalue weighted by molar-refractivity contribution is 6.02. The van der Waals surface area contributed by atoms with Crippen molar-refractivity contribution in [3.63, 3.8) is 0 Å². The molecule has 6 heteroatoms. The minimum Gasteiger partial charge on any atom is -0.351 e. The van der Waals surface area contributed by atoms with Crippen molar-refractivity contribution in [2.24, 2.45) is 5.73 Å². The van der Waals surface area contributed by atoms with Crippen molar-refractivity contribution in [3.05, 3.63) is 53.4 Å². The molecule has 1 fully saturated rings. The quantitative estimate of drug-likeness (QED) is 0.653. The molecule has 0 spiro atoms. The molecule has 1 aromatic heterocycles. The lowest BCUT2D eigenvalue weighted by molar-refractivity contribution is -0.111. The van der Waals surface area contributed by atoms with Gasteiger partial charge in [0.1, 0.15) is 0 Å². The van der Waals surface area contributed by atoms with Gasteiger partial charge >= 0.3 is 6.03 Å². The van der Waals surface area contributed by atoms with Crippen LogP contribution in [-0.4, -0.2) is 16.5 Å². The molecule has 1 aliphatic carbocycles. The van der Waals surface area contributed by atoms with Gasteiger partial charge in [-0.15, -0.1) is 0 Å². The summed E-state index contributed by atoms with van der Waals surface area (Å²) in [6, 6.07) is 8.91. The van der Waals surface area contributed by atoms with Gasteiger partial charge in [0.15, 0.2) is 0 Å². The van der Waals surface area contributed by atoms with Crippen molar-refractivity contribution in [1.29, 1.82) is 0 Å². The summed E-state index contributed by atoms with van der Waals surface area (Å²) < 4.78 is 2.43. The molecule has 0 atom stereocenters. The van der Waals surface area contributed by atoms with Gasteiger partial charge in [-0.3, -0.25) is 4.79 Å². The first-order valence-electron chi connectivity index (χ1n) is 9.78. The molecule has 2 aromatic rings. The monoisotopic (exact) mass is 380 g/mol. The Labute approximate surface area is 165 Å². The van der Waals surface area contributed by atoms with Crippen LogP contribution in [-0.2, 0) is 4.79 Å². The van der Waals surface area contributed by atoms with Crippen molar-refractivity contribution in [3.8, 4) is 0 Å². The molecule has 0 aliphatic heterocycles. The van der Waals surface area contributed by atoms with E-state index in [-0.39, 0.29) is 5.91 Å². The molecule has 28 heavy (non-hydrogen) atoms. The Balaban J connectivity index is 1.65. The van der Waals surface area contributed by atoms with Gasteiger partial charge in [0.05, 0.1) is 0 Å². The first-order valence-corrected chi connectivity index (χ1v) is 9.78. The molecule has 0 unspecified atom stereocenters. The first-order chi connectivity index (χ1) is 13.4. The van der Waals surface area contributed by atoms with E-state index in [4.69, 9.17) is 5.73 Å². The number of urea groups is 1. The average Bonchev–Trinajstić information content (AvgIpc) is 2.95. The van der Waals surface area contributed by atoms with Gasteiger partial charge in [-0.05, 0) is 68.7 Å². The Morgan fingerprint density at radius 3 is 2.25 bits per heavy atom. The van der Waals surface area contributed by atoms with Crippen LogP contribution < -0.4 is 16.4 Å². The molecule has 0 radical (unpaired) electrons. The van der Waals surface area contributed by atoms with Gasteiger partial charge in [-0.1, -0.05) is 19.3 Å². The third-order valence-corrected chi connectivity index (χ3v) is 5.30. The van der Waals surface area contributed by atoms with Crippen molar-refractivity contribution < 1.29 is 9.59 Å². The Kier molecular flexibility index (Phi) is 6.19. The second-order valence-electron chi connectivity index (χ2n) is 7.38. The van der Waals surface area contributed by atoms with E-state index >= 15 is 0 Å². The van der Waals surface area contributed by atoms with Crippen LogP contribution in [0.5, 0.6) is 0 Å². The summed E-state index contributed by atoms with van der Waals surface area (Å²) in [6.07, 6.45) is 9.83. The van der Waals surface area contributed by atoms with Crippen LogP contribution in [0.1, 0.15) is 55.1 Å². The molecule has 3 rings (SSSR count). The number of nitrogens with zero attached hydrogens (tertiary/aromatic N) is 1. The van der Waals surface area contributed by atoms with E-state index in [9.17, 15) is 9.59 Å². The molecule has 6 nitrogen and oxygen atoms in total. The van der Waals surface area contributed by atoms with Crippen LogP contribution in [0.25, 0.3) is 6.08 Å². The van der Waals surface area contributed by atoms with E-state index in [1.807, 2.05) is 6.08 Å². The molecule has 0 bridgehead atoms. The Hall–Kier alpha value is -3.02. The number of amides is 3. The summed E-state index contributed by atoms with van der Waals surface area (Å²) in [5.41, 5.74) is 9.86. The van der Waals surface area contributed by atoms with Crippen molar-refractivity contribution >= 4 is 29.4 Å². The number of rotatable bonds is 5. The largest absolute Gasteiger partial charge is 0.351 e. The fourth-order valence-electron chi connectivity index (χ4n) is 4.00. The molecule has 1 saturated carbocycles. The minimum atomic E-state index is -0.620. The lowest BCUT2D eigenvalue weighted by Crippen LogP contribution is -2.19. The fourth-order valence-corrected chi connectivity index (χ4v) is 4.00. The second-order valence-corrected chi connectivity index (χ2v) is 7.38. The number of nitrogens with two attached hydrogens (primary N) is 1. The van der Waals surface area contributed by atoms with Crippen LogP contribution in [0.3, 0.4) is 0 Å². The topological polar surface area (TPSA) is 89.2 Å². The number of anilines is 2. The molecule has 148 valence electrons. The Morgan fingerprint density at radius 2 is 1.64 bits per heavy atom. The molecule has 1 aliphatic rings. The number of nitrogens with one attached hydrogen (secondary N) is 2. The maximum Gasteiger partial charge on any atom is 0.316 e. The number of primary amides is 1. The van der Waals surface area contributed by atoms with E-state index in [1.165, 1.54) is 43.5 Å². The summed E-state index contributed by atoms with van der Waals surface area (Å²) in [7, 11) is 0. The van der Waals surface area contributed by atoms with Gasteiger partial charge < -0.3 is 20.9 Å². The summed E-state index contributed by atoms with van der Waals surface area (Å²) in [5.74, 6) is -0.196. The number of carbonyl (C=O) groups is 2.